The van der Waals surface area contributed by atoms with Crippen LogP contribution in [0.2, 0.25) is 0 Å². The van der Waals surface area contributed by atoms with Crippen LogP contribution in [0.3, 0.4) is 0 Å². The van der Waals surface area contributed by atoms with Gasteiger partial charge >= 0.3 is 0 Å². The standard InChI is InChI=1S/C7H9F2N3/c8-7(9)3-6(10,4-7)5-1-11-12-2-5/h1-2H,3-4,10H2,(H,11,12). The third-order valence-electron chi connectivity index (χ3n) is 2.22. The molecule has 0 atom stereocenters. The van der Waals surface area contributed by atoms with Crippen LogP contribution in [-0.2, 0) is 5.54 Å². The van der Waals surface area contributed by atoms with E-state index < -0.39 is 11.5 Å². The summed E-state index contributed by atoms with van der Waals surface area (Å²) in [6, 6.07) is 0. The van der Waals surface area contributed by atoms with Crippen molar-refractivity contribution in [2.45, 2.75) is 24.3 Å². The normalized spacial score (nSPS) is 24.9. The first-order chi connectivity index (χ1) is 5.52. The summed E-state index contributed by atoms with van der Waals surface area (Å²) in [7, 11) is 0. The van der Waals surface area contributed by atoms with Gasteiger partial charge in [0.2, 0.25) is 0 Å². The van der Waals surface area contributed by atoms with Gasteiger partial charge in [0.25, 0.3) is 5.92 Å². The van der Waals surface area contributed by atoms with Gasteiger partial charge in [-0.3, -0.25) is 5.10 Å². The minimum Gasteiger partial charge on any atom is -0.321 e. The number of nitrogens with two attached hydrogens (primary N) is 1. The van der Waals surface area contributed by atoms with Gasteiger partial charge in [-0.2, -0.15) is 5.10 Å². The molecule has 1 fully saturated rings. The van der Waals surface area contributed by atoms with E-state index in [0.717, 1.165) is 0 Å². The maximum atomic E-state index is 12.5. The van der Waals surface area contributed by atoms with Crippen LogP contribution in [0, 0.1) is 0 Å². The first-order valence-corrected chi connectivity index (χ1v) is 3.68. The van der Waals surface area contributed by atoms with Crippen molar-refractivity contribution < 1.29 is 8.78 Å². The van der Waals surface area contributed by atoms with Crippen LogP contribution in [0.5, 0.6) is 0 Å². The third-order valence-corrected chi connectivity index (χ3v) is 2.22. The van der Waals surface area contributed by atoms with Gasteiger partial charge in [-0.15, -0.1) is 0 Å². The molecule has 1 aromatic heterocycles. The van der Waals surface area contributed by atoms with Crippen molar-refractivity contribution in [1.29, 1.82) is 0 Å². The zero-order valence-corrected chi connectivity index (χ0v) is 6.35. The molecule has 5 heteroatoms. The average Bonchev–Trinajstić information content (AvgIpc) is 2.31. The number of halogens is 2. The van der Waals surface area contributed by atoms with Crippen molar-refractivity contribution >= 4 is 0 Å². The van der Waals surface area contributed by atoms with Crippen molar-refractivity contribution in [2.24, 2.45) is 5.73 Å². The lowest BCUT2D eigenvalue weighted by atomic mass is 9.71. The third kappa shape index (κ3) is 1.01. The highest BCUT2D eigenvalue weighted by molar-refractivity contribution is 5.23. The second-order valence-electron chi connectivity index (χ2n) is 3.35. The first kappa shape index (κ1) is 7.67. The lowest BCUT2D eigenvalue weighted by Crippen LogP contribution is -2.55. The molecule has 3 nitrogen and oxygen atoms in total. The SMILES string of the molecule is NC1(c2cn[nH]c2)CC(F)(F)C1. The Kier molecular flexibility index (Phi) is 1.30. The molecule has 0 radical (unpaired) electrons. The van der Waals surface area contributed by atoms with Crippen molar-refractivity contribution in [3.63, 3.8) is 0 Å². The van der Waals surface area contributed by atoms with Crippen molar-refractivity contribution in [3.05, 3.63) is 18.0 Å². The van der Waals surface area contributed by atoms with Gasteiger partial charge in [0, 0.05) is 24.6 Å². The highest BCUT2D eigenvalue weighted by Gasteiger charge is 2.55. The monoisotopic (exact) mass is 173 g/mol. The van der Waals surface area contributed by atoms with E-state index in [1.165, 1.54) is 6.20 Å². The summed E-state index contributed by atoms with van der Waals surface area (Å²) in [5.41, 5.74) is 5.50. The van der Waals surface area contributed by atoms with Gasteiger partial charge in [-0.25, -0.2) is 8.78 Å². The minimum atomic E-state index is -2.59. The van der Waals surface area contributed by atoms with Gasteiger partial charge in [0.15, 0.2) is 0 Å². The molecular formula is C7H9F2N3. The maximum absolute atomic E-state index is 12.5. The Morgan fingerprint density at radius 1 is 1.50 bits per heavy atom. The molecule has 0 saturated heterocycles. The quantitative estimate of drug-likeness (QED) is 0.665. The Hall–Kier alpha value is -0.970. The van der Waals surface area contributed by atoms with Crippen LogP contribution in [0.15, 0.2) is 12.4 Å². The lowest BCUT2D eigenvalue weighted by Gasteiger charge is -2.43. The molecule has 1 heterocycles. The largest absolute Gasteiger partial charge is 0.321 e. The fourth-order valence-corrected chi connectivity index (χ4v) is 1.60. The molecule has 0 amide bonds. The van der Waals surface area contributed by atoms with Gasteiger partial charge in [0.05, 0.1) is 11.7 Å². The number of aromatic nitrogens is 2. The smallest absolute Gasteiger partial charge is 0.252 e. The Balaban J connectivity index is 2.18. The molecule has 0 aliphatic heterocycles. The number of nitrogens with one attached hydrogen (secondary N) is 1. The summed E-state index contributed by atoms with van der Waals surface area (Å²) in [6.07, 6.45) is 2.50. The lowest BCUT2D eigenvalue weighted by molar-refractivity contribution is -0.125. The molecule has 0 spiro atoms. The summed E-state index contributed by atoms with van der Waals surface area (Å²) >= 11 is 0. The number of alkyl halides is 2. The van der Waals surface area contributed by atoms with Crippen molar-refractivity contribution in [1.82, 2.24) is 10.2 Å². The van der Waals surface area contributed by atoms with E-state index in [0.29, 0.717) is 5.56 Å². The van der Waals surface area contributed by atoms with E-state index in [-0.39, 0.29) is 12.8 Å². The molecule has 66 valence electrons. The average molecular weight is 173 g/mol. The van der Waals surface area contributed by atoms with Crippen LogP contribution in [0.4, 0.5) is 8.78 Å². The van der Waals surface area contributed by atoms with Crippen LogP contribution in [0.25, 0.3) is 0 Å². The van der Waals surface area contributed by atoms with E-state index in [4.69, 9.17) is 5.73 Å². The fourth-order valence-electron chi connectivity index (χ4n) is 1.60. The molecule has 2 rings (SSSR count). The van der Waals surface area contributed by atoms with E-state index in [9.17, 15) is 8.78 Å². The van der Waals surface area contributed by atoms with Crippen LogP contribution in [0.1, 0.15) is 18.4 Å². The zero-order chi connectivity index (χ0) is 8.82. The molecule has 0 aromatic carbocycles. The highest BCUT2D eigenvalue weighted by atomic mass is 19.3. The molecule has 0 unspecified atom stereocenters. The number of hydrogen-bond donors (Lipinski definition) is 2. The molecule has 1 aliphatic rings. The Morgan fingerprint density at radius 3 is 2.58 bits per heavy atom. The molecular weight excluding hydrogens is 164 g/mol. The second-order valence-corrected chi connectivity index (χ2v) is 3.35. The van der Waals surface area contributed by atoms with Crippen molar-refractivity contribution in [3.8, 4) is 0 Å². The van der Waals surface area contributed by atoms with Crippen molar-refractivity contribution in [2.75, 3.05) is 0 Å². The minimum absolute atomic E-state index is 0.278. The molecule has 3 N–H and O–H groups in total. The van der Waals surface area contributed by atoms with Crippen LogP contribution >= 0.6 is 0 Å². The predicted molar refractivity (Wildman–Crippen MR) is 38.6 cm³/mol. The molecule has 0 bridgehead atoms. The number of aromatic amines is 1. The molecule has 12 heavy (non-hydrogen) atoms. The number of H-pyrrole nitrogens is 1. The number of rotatable bonds is 1. The Morgan fingerprint density at radius 2 is 2.17 bits per heavy atom. The summed E-state index contributed by atoms with van der Waals surface area (Å²) in [6.45, 7) is 0. The summed E-state index contributed by atoms with van der Waals surface area (Å²) < 4.78 is 25.0. The van der Waals surface area contributed by atoms with E-state index in [2.05, 4.69) is 10.2 Å². The first-order valence-electron chi connectivity index (χ1n) is 3.68. The summed E-state index contributed by atoms with van der Waals surface area (Å²) in [4.78, 5) is 0. The molecule has 1 saturated carbocycles. The summed E-state index contributed by atoms with van der Waals surface area (Å²) in [5.74, 6) is -2.59. The number of nitrogens with zero attached hydrogens (tertiary/aromatic N) is 1. The maximum Gasteiger partial charge on any atom is 0.252 e. The van der Waals surface area contributed by atoms with Crippen LogP contribution in [-0.4, -0.2) is 16.1 Å². The van der Waals surface area contributed by atoms with E-state index in [1.807, 2.05) is 0 Å². The Labute approximate surface area is 68.0 Å². The topological polar surface area (TPSA) is 54.7 Å². The van der Waals surface area contributed by atoms with E-state index in [1.54, 1.807) is 6.20 Å². The van der Waals surface area contributed by atoms with Gasteiger partial charge < -0.3 is 5.73 Å². The Bertz CT molecular complexity index is 273. The predicted octanol–water partition coefficient (Wildman–Crippen LogP) is 0.993. The summed E-state index contributed by atoms with van der Waals surface area (Å²) in [5, 5.41) is 6.22. The molecule has 1 aromatic rings. The second kappa shape index (κ2) is 2.04. The van der Waals surface area contributed by atoms with E-state index >= 15 is 0 Å². The zero-order valence-electron chi connectivity index (χ0n) is 6.35. The van der Waals surface area contributed by atoms with Gasteiger partial charge in [-0.1, -0.05) is 0 Å². The fraction of sp³-hybridized carbons (Fsp3) is 0.571. The highest BCUT2D eigenvalue weighted by Crippen LogP contribution is 2.49. The van der Waals surface area contributed by atoms with Crippen LogP contribution < -0.4 is 5.73 Å². The number of hydrogen-bond acceptors (Lipinski definition) is 2. The molecule has 1 aliphatic carbocycles. The van der Waals surface area contributed by atoms with Gasteiger partial charge in [0.1, 0.15) is 0 Å². The van der Waals surface area contributed by atoms with Gasteiger partial charge in [-0.05, 0) is 0 Å².